The number of rotatable bonds is 4. The van der Waals surface area contributed by atoms with E-state index < -0.39 is 15.8 Å². The van der Waals surface area contributed by atoms with Gasteiger partial charge in [0.05, 0.1) is 21.1 Å². The molecule has 222 valence electrons. The summed E-state index contributed by atoms with van der Waals surface area (Å²) in [6.07, 6.45) is 29.7. The summed E-state index contributed by atoms with van der Waals surface area (Å²) in [5, 5.41) is 1.74. The third-order valence-electron chi connectivity index (χ3n) is 7.60. The average molecular weight is 661 g/mol. The predicted octanol–water partition coefficient (Wildman–Crippen LogP) is 6.07. The minimum atomic E-state index is -1.35. The smallest absolute Gasteiger partial charge is 0.0836 e. The van der Waals surface area contributed by atoms with Gasteiger partial charge in [-0.1, -0.05) is 24.3 Å². The Hall–Kier alpha value is -5.63. The van der Waals surface area contributed by atoms with E-state index >= 15 is 0 Å². The van der Waals surface area contributed by atoms with Crippen molar-refractivity contribution in [3.05, 3.63) is 57.6 Å². The van der Waals surface area contributed by atoms with Gasteiger partial charge in [-0.05, 0) is 202 Å². The van der Waals surface area contributed by atoms with Gasteiger partial charge in [-0.2, -0.15) is 12.6 Å². The predicted molar refractivity (Wildman–Crippen MR) is 208 cm³/mol. The first kappa shape index (κ1) is 35.2. The molecule has 0 saturated heterocycles. The van der Waals surface area contributed by atoms with Crippen molar-refractivity contribution in [3.63, 3.8) is 0 Å². The van der Waals surface area contributed by atoms with Crippen LogP contribution in [0.5, 0.6) is 0 Å². The molecular formula is C45H26P2S. The number of hydrogen-bond donors (Lipinski definition) is 1. The van der Waals surface area contributed by atoms with E-state index in [1.807, 2.05) is 0 Å². The average Bonchev–Trinajstić information content (AvgIpc) is 3.12. The molecule has 0 spiro atoms. The third-order valence-corrected chi connectivity index (χ3v) is 11.2. The summed E-state index contributed by atoms with van der Waals surface area (Å²) in [6, 6.07) is 8.74. The summed E-state index contributed by atoms with van der Waals surface area (Å²) in [4.78, 5) is 0. The molecule has 0 aromatic heterocycles. The molecule has 0 heterocycles. The Bertz CT molecular complexity index is 2050. The molecule has 2 aliphatic carbocycles. The topological polar surface area (TPSA) is 0 Å². The normalized spacial score (nSPS) is 11.2. The molecule has 0 unspecified atom stereocenters. The molecule has 48 heavy (non-hydrogen) atoms. The molecule has 0 saturated carbocycles. The third kappa shape index (κ3) is 9.22. The van der Waals surface area contributed by atoms with Gasteiger partial charge >= 0.3 is 0 Å². The molecule has 0 bridgehead atoms. The summed E-state index contributed by atoms with van der Waals surface area (Å²) in [5.41, 5.74) is 20.7. The summed E-state index contributed by atoms with van der Waals surface area (Å²) < 4.78 is 0. The monoisotopic (exact) mass is 660 g/mol. The van der Waals surface area contributed by atoms with Crippen molar-refractivity contribution in [1.29, 1.82) is 0 Å². The molecule has 0 amide bonds. The van der Waals surface area contributed by atoms with Gasteiger partial charge in [0, 0.05) is 10.6 Å². The van der Waals surface area contributed by atoms with Crippen LogP contribution in [0.3, 0.4) is 0 Å². The highest BCUT2D eigenvalue weighted by Crippen LogP contribution is 2.46. The summed E-state index contributed by atoms with van der Waals surface area (Å²) >= 11 is 5.51. The van der Waals surface area contributed by atoms with Gasteiger partial charge in [0.25, 0.3) is 0 Å². The molecule has 2 aliphatic rings. The minimum Gasteiger partial charge on any atom is -0.166 e. The fourth-order valence-corrected chi connectivity index (χ4v) is 9.25. The molecular weight excluding hydrogens is 635 g/mol. The first-order valence-corrected chi connectivity index (χ1v) is 18.3. The van der Waals surface area contributed by atoms with Crippen LogP contribution in [0, 0.1) is 143 Å². The van der Waals surface area contributed by atoms with Gasteiger partial charge in [0.1, 0.15) is 0 Å². The molecule has 0 atom stereocenters. The van der Waals surface area contributed by atoms with Crippen LogP contribution in [-0.4, -0.2) is 0 Å². The number of aryl methyl sites for hydroxylation is 2. The fraction of sp³-hybridized carbons (Fsp3) is 0.200. The van der Waals surface area contributed by atoms with Crippen LogP contribution in [0.1, 0.15) is 64.3 Å². The fourth-order valence-electron chi connectivity index (χ4n) is 5.73. The summed E-state index contributed by atoms with van der Waals surface area (Å²) in [5.74, 6) is 42.3. The van der Waals surface area contributed by atoms with Crippen molar-refractivity contribution in [2.45, 2.75) is 56.6 Å². The van der Waals surface area contributed by atoms with Crippen molar-refractivity contribution in [1.82, 2.24) is 0 Å². The standard InChI is InChI=1S/C45H26P2S/c1-5-9-13-21-33-46(34-22-14-10-6-2)41-31-29-37-25-17-19-27-39(37)43(41)45(48)44-40-28-20-18-26-38(40)30-32-42(44)47(35-23-15-11-7-3)36-24-16-12-8-4/h1-4,29-32,45,48H,17-20,25-28H2. The van der Waals surface area contributed by atoms with Crippen LogP contribution in [0.2, 0.25) is 0 Å². The number of terminal acetylenes is 4. The maximum atomic E-state index is 5.51. The maximum absolute atomic E-state index is 5.51. The van der Waals surface area contributed by atoms with Crippen molar-refractivity contribution >= 4 is 39.1 Å². The van der Waals surface area contributed by atoms with Gasteiger partial charge in [0.15, 0.2) is 0 Å². The molecule has 0 N–H and O–H groups in total. The highest BCUT2D eigenvalue weighted by Gasteiger charge is 2.31. The molecule has 0 nitrogen and oxygen atoms in total. The summed E-state index contributed by atoms with van der Waals surface area (Å²) in [7, 11) is -2.70. The summed E-state index contributed by atoms with van der Waals surface area (Å²) in [6.45, 7) is 0. The van der Waals surface area contributed by atoms with E-state index in [0.717, 1.165) is 73.1 Å². The van der Waals surface area contributed by atoms with E-state index in [0.29, 0.717) is 0 Å². The van der Waals surface area contributed by atoms with Gasteiger partial charge in [-0.3, -0.25) is 0 Å². The number of hydrogen-bond acceptors (Lipinski definition) is 1. The lowest BCUT2D eigenvalue weighted by molar-refractivity contribution is 0.674. The zero-order valence-electron chi connectivity index (χ0n) is 26.2. The SMILES string of the molecule is C#CC#CC#CP(C#CC#CC#C)c1ccc2c(c1C(S)c1c(P(C#CC#CC#C)C#CC#CC#C)ccc3c1CCCC3)CCCC2. The van der Waals surface area contributed by atoms with Gasteiger partial charge in [-0.15, -0.1) is 25.7 Å². The van der Waals surface area contributed by atoms with Crippen LogP contribution in [0.4, 0.5) is 0 Å². The van der Waals surface area contributed by atoms with Crippen LogP contribution < -0.4 is 10.6 Å². The van der Waals surface area contributed by atoms with Gasteiger partial charge in [-0.25, -0.2) is 0 Å². The molecule has 4 rings (SSSR count). The Balaban J connectivity index is 2.06. The molecule has 2 aromatic carbocycles. The van der Waals surface area contributed by atoms with Crippen molar-refractivity contribution in [3.8, 4) is 143 Å². The van der Waals surface area contributed by atoms with E-state index in [1.54, 1.807) is 0 Å². The van der Waals surface area contributed by atoms with E-state index in [9.17, 15) is 0 Å². The van der Waals surface area contributed by atoms with Crippen molar-refractivity contribution < 1.29 is 0 Å². The molecule has 0 fully saturated rings. The lowest BCUT2D eigenvalue weighted by atomic mass is 9.82. The van der Waals surface area contributed by atoms with Crippen LogP contribution in [0.25, 0.3) is 0 Å². The minimum absolute atomic E-state index is 0.305. The van der Waals surface area contributed by atoms with Crippen LogP contribution >= 0.6 is 28.5 Å². The van der Waals surface area contributed by atoms with Crippen LogP contribution in [-0.2, 0) is 25.7 Å². The maximum Gasteiger partial charge on any atom is 0.0836 e. The Labute approximate surface area is 295 Å². The van der Waals surface area contributed by atoms with Gasteiger partial charge in [0.2, 0.25) is 0 Å². The van der Waals surface area contributed by atoms with E-state index in [-0.39, 0.29) is 5.25 Å². The highest BCUT2D eigenvalue weighted by molar-refractivity contribution is 7.81. The molecule has 0 aliphatic heterocycles. The quantitative estimate of drug-likeness (QED) is 0.230. The lowest BCUT2D eigenvalue weighted by Gasteiger charge is -2.31. The number of fused-ring (bicyclic) bond motifs is 2. The Morgan fingerprint density at radius 3 is 1.12 bits per heavy atom. The number of thiol groups is 1. The van der Waals surface area contributed by atoms with E-state index in [4.69, 9.17) is 38.3 Å². The van der Waals surface area contributed by atoms with Crippen LogP contribution in [0.15, 0.2) is 24.3 Å². The number of benzene rings is 2. The molecule has 3 heteroatoms. The molecule has 0 radical (unpaired) electrons. The van der Waals surface area contributed by atoms with Gasteiger partial charge < -0.3 is 0 Å². The molecule has 2 aromatic rings. The second-order valence-electron chi connectivity index (χ2n) is 10.3. The first-order valence-electron chi connectivity index (χ1n) is 15.1. The Morgan fingerprint density at radius 2 is 0.792 bits per heavy atom. The largest absolute Gasteiger partial charge is 0.166 e. The zero-order valence-corrected chi connectivity index (χ0v) is 28.9. The van der Waals surface area contributed by atoms with Crippen molar-refractivity contribution in [2.24, 2.45) is 0 Å². The highest BCUT2D eigenvalue weighted by atomic mass is 32.1. The second kappa shape index (κ2) is 19.1. The zero-order chi connectivity index (χ0) is 34.0. The first-order chi connectivity index (χ1) is 23.6. The Morgan fingerprint density at radius 1 is 0.458 bits per heavy atom. The van der Waals surface area contributed by atoms with E-state index in [2.05, 4.69) is 142 Å². The lowest BCUT2D eigenvalue weighted by Crippen LogP contribution is -2.24. The Kier molecular flexibility index (Phi) is 14.0. The second-order valence-corrected chi connectivity index (χ2v) is 14.0. The van der Waals surface area contributed by atoms with E-state index in [1.165, 1.54) is 22.3 Å². The van der Waals surface area contributed by atoms with Crippen molar-refractivity contribution in [2.75, 3.05) is 0 Å².